The Morgan fingerprint density at radius 3 is 2.57 bits per heavy atom. The van der Waals surface area contributed by atoms with Gasteiger partial charge in [0, 0.05) is 19.3 Å². The number of methoxy groups -OCH3 is 1. The van der Waals surface area contributed by atoms with Crippen LogP contribution in [0.3, 0.4) is 0 Å². The van der Waals surface area contributed by atoms with Crippen molar-refractivity contribution in [2.75, 3.05) is 25.6 Å². The minimum atomic E-state index is -0.873. The maximum Gasteiger partial charge on any atom is 0.237 e. The van der Waals surface area contributed by atoms with Crippen LogP contribution in [0.5, 0.6) is 0 Å². The Labute approximate surface area is 175 Å². The molecule has 5 rings (SSSR count). The molecule has 3 aliphatic rings. The molecule has 0 aromatic heterocycles. The number of hydrogen-bond donors (Lipinski definition) is 1. The summed E-state index contributed by atoms with van der Waals surface area (Å²) in [6.45, 7) is 0.863. The number of hydrogen-bond acceptors (Lipinski definition) is 3. The lowest BCUT2D eigenvalue weighted by Gasteiger charge is -2.44. The van der Waals surface area contributed by atoms with Gasteiger partial charge < -0.3 is 15.0 Å². The predicted molar refractivity (Wildman–Crippen MR) is 110 cm³/mol. The van der Waals surface area contributed by atoms with E-state index in [0.717, 1.165) is 36.1 Å². The number of rotatable bonds is 4. The van der Waals surface area contributed by atoms with Crippen molar-refractivity contribution in [1.29, 1.82) is 0 Å². The summed E-state index contributed by atoms with van der Waals surface area (Å²) in [7, 11) is 1.62. The lowest BCUT2D eigenvalue weighted by Crippen LogP contribution is -2.52. The number of halogens is 1. The molecular weight excluding hydrogens is 383 g/mol. The molecule has 2 fully saturated rings. The van der Waals surface area contributed by atoms with Crippen molar-refractivity contribution < 1.29 is 18.7 Å². The molecular formula is C24H25FN2O3. The molecule has 1 aliphatic carbocycles. The Balaban J connectivity index is 1.64. The van der Waals surface area contributed by atoms with Gasteiger partial charge in [0.15, 0.2) is 0 Å². The lowest BCUT2D eigenvalue weighted by molar-refractivity contribution is -0.154. The van der Waals surface area contributed by atoms with Gasteiger partial charge in [-0.15, -0.1) is 0 Å². The molecule has 2 amide bonds. The van der Waals surface area contributed by atoms with E-state index < -0.39 is 16.9 Å². The zero-order chi connectivity index (χ0) is 20.9. The molecule has 1 N–H and O–H groups in total. The molecule has 2 aromatic carbocycles. The van der Waals surface area contributed by atoms with Gasteiger partial charge in [-0.25, -0.2) is 4.39 Å². The first-order valence-corrected chi connectivity index (χ1v) is 10.5. The number of nitrogens with zero attached hydrogens (tertiary/aromatic N) is 1. The highest BCUT2D eigenvalue weighted by Crippen LogP contribution is 2.56. The maximum atomic E-state index is 13.8. The number of anilines is 1. The average Bonchev–Trinajstić information content (AvgIpc) is 3.25. The summed E-state index contributed by atoms with van der Waals surface area (Å²) in [6, 6.07) is 13.4. The summed E-state index contributed by atoms with van der Waals surface area (Å²) < 4.78 is 19.1. The molecule has 0 radical (unpaired) electrons. The van der Waals surface area contributed by atoms with E-state index in [9.17, 15) is 14.0 Å². The minimum Gasteiger partial charge on any atom is -0.384 e. The SMILES string of the molecule is COCC1(C(=O)N2CC[C@]3(C(=O)Nc4ccccc43)[C@@H]2c2ccc(F)cc2)CCC1. The molecule has 156 valence electrons. The van der Waals surface area contributed by atoms with Gasteiger partial charge in [0.05, 0.1) is 18.1 Å². The molecule has 0 bridgehead atoms. The molecule has 2 aliphatic heterocycles. The van der Waals surface area contributed by atoms with Crippen LogP contribution in [0, 0.1) is 11.2 Å². The Morgan fingerprint density at radius 1 is 1.17 bits per heavy atom. The van der Waals surface area contributed by atoms with Gasteiger partial charge in [-0.05, 0) is 48.6 Å². The third kappa shape index (κ3) is 2.56. The van der Waals surface area contributed by atoms with E-state index in [2.05, 4.69) is 5.32 Å². The lowest BCUT2D eigenvalue weighted by atomic mass is 9.67. The quantitative estimate of drug-likeness (QED) is 0.837. The Hall–Kier alpha value is -2.73. The Bertz CT molecular complexity index is 1000. The highest BCUT2D eigenvalue weighted by Gasteiger charge is 2.61. The number of carbonyl (C=O) groups excluding carboxylic acids is 2. The van der Waals surface area contributed by atoms with Crippen LogP contribution in [0.15, 0.2) is 48.5 Å². The van der Waals surface area contributed by atoms with Crippen molar-refractivity contribution in [2.24, 2.45) is 5.41 Å². The van der Waals surface area contributed by atoms with Crippen LogP contribution in [0.25, 0.3) is 0 Å². The number of ether oxygens (including phenoxy) is 1. The highest BCUT2D eigenvalue weighted by molar-refractivity contribution is 6.08. The molecule has 0 unspecified atom stereocenters. The second kappa shape index (κ2) is 6.91. The first-order chi connectivity index (χ1) is 14.5. The molecule has 6 heteroatoms. The molecule has 5 nitrogen and oxygen atoms in total. The van der Waals surface area contributed by atoms with E-state index in [4.69, 9.17) is 4.74 Å². The fourth-order valence-corrected chi connectivity index (χ4v) is 5.62. The zero-order valence-corrected chi connectivity index (χ0v) is 17.0. The van der Waals surface area contributed by atoms with Gasteiger partial charge in [-0.2, -0.15) is 0 Å². The van der Waals surface area contributed by atoms with Crippen LogP contribution in [-0.2, 0) is 19.7 Å². The van der Waals surface area contributed by atoms with Crippen molar-refractivity contribution in [3.05, 3.63) is 65.5 Å². The second-order valence-electron chi connectivity index (χ2n) is 8.74. The summed E-state index contributed by atoms with van der Waals surface area (Å²) in [5.41, 5.74) is 1.09. The van der Waals surface area contributed by atoms with Crippen LogP contribution in [0.4, 0.5) is 10.1 Å². The largest absolute Gasteiger partial charge is 0.384 e. The van der Waals surface area contributed by atoms with E-state index in [1.54, 1.807) is 19.2 Å². The highest BCUT2D eigenvalue weighted by atomic mass is 19.1. The van der Waals surface area contributed by atoms with Gasteiger partial charge in [-0.1, -0.05) is 36.8 Å². The topological polar surface area (TPSA) is 58.6 Å². The fourth-order valence-electron chi connectivity index (χ4n) is 5.62. The molecule has 2 aromatic rings. The molecule has 1 saturated heterocycles. The predicted octanol–water partition coefficient (Wildman–Crippen LogP) is 3.81. The van der Waals surface area contributed by atoms with Gasteiger partial charge in [0.2, 0.25) is 11.8 Å². The maximum absolute atomic E-state index is 13.8. The number of nitrogens with one attached hydrogen (secondary N) is 1. The van der Waals surface area contributed by atoms with E-state index in [-0.39, 0.29) is 17.6 Å². The van der Waals surface area contributed by atoms with Gasteiger partial charge in [0.1, 0.15) is 11.2 Å². The van der Waals surface area contributed by atoms with Crippen molar-refractivity contribution in [1.82, 2.24) is 4.90 Å². The van der Waals surface area contributed by atoms with Gasteiger partial charge in [0.25, 0.3) is 0 Å². The average molecular weight is 408 g/mol. The smallest absolute Gasteiger partial charge is 0.237 e. The third-order valence-corrected chi connectivity index (χ3v) is 7.22. The van der Waals surface area contributed by atoms with Crippen molar-refractivity contribution >= 4 is 17.5 Å². The van der Waals surface area contributed by atoms with Crippen LogP contribution >= 0.6 is 0 Å². The number of amides is 2. The minimum absolute atomic E-state index is 0.0407. The standard InChI is InChI=1S/C24H25FN2O3/c1-30-15-23(11-4-12-23)22(29)27-14-13-24(20(27)16-7-9-17(25)10-8-16)18-5-2-3-6-19(18)26-21(24)28/h2-3,5-10,20H,4,11-15H2,1H3,(H,26,28)/t20-,24+/m0/s1. The summed E-state index contributed by atoms with van der Waals surface area (Å²) in [6.07, 6.45) is 3.12. The first kappa shape index (κ1) is 19.2. The monoisotopic (exact) mass is 408 g/mol. The third-order valence-electron chi connectivity index (χ3n) is 7.22. The molecule has 1 spiro atoms. The molecule has 1 saturated carbocycles. The number of likely N-dealkylation sites (tertiary alicyclic amines) is 1. The summed E-state index contributed by atoms with van der Waals surface area (Å²) >= 11 is 0. The Morgan fingerprint density at radius 2 is 1.90 bits per heavy atom. The van der Waals surface area contributed by atoms with E-state index in [1.807, 2.05) is 29.2 Å². The number of fused-ring (bicyclic) bond motifs is 2. The normalized spacial score (nSPS) is 26.4. The number of benzene rings is 2. The molecule has 2 atom stereocenters. The summed E-state index contributed by atoms with van der Waals surface area (Å²) in [5, 5.41) is 3.02. The number of para-hydroxylation sites is 1. The van der Waals surface area contributed by atoms with Gasteiger partial charge in [-0.3, -0.25) is 9.59 Å². The summed E-state index contributed by atoms with van der Waals surface area (Å²) in [5.74, 6) is -0.392. The second-order valence-corrected chi connectivity index (χ2v) is 8.74. The zero-order valence-electron chi connectivity index (χ0n) is 17.0. The van der Waals surface area contributed by atoms with Crippen molar-refractivity contribution in [3.8, 4) is 0 Å². The summed E-state index contributed by atoms with van der Waals surface area (Å²) in [4.78, 5) is 29.0. The van der Waals surface area contributed by atoms with Crippen LogP contribution < -0.4 is 5.32 Å². The van der Waals surface area contributed by atoms with Crippen LogP contribution in [-0.4, -0.2) is 37.0 Å². The number of carbonyl (C=O) groups is 2. The molecule has 30 heavy (non-hydrogen) atoms. The van der Waals surface area contributed by atoms with Crippen LogP contribution in [0.1, 0.15) is 42.9 Å². The van der Waals surface area contributed by atoms with Crippen molar-refractivity contribution in [3.63, 3.8) is 0 Å². The van der Waals surface area contributed by atoms with Crippen molar-refractivity contribution in [2.45, 2.75) is 37.1 Å². The van der Waals surface area contributed by atoms with E-state index >= 15 is 0 Å². The van der Waals surface area contributed by atoms with Gasteiger partial charge >= 0.3 is 0 Å². The van der Waals surface area contributed by atoms with E-state index in [1.165, 1.54) is 12.1 Å². The van der Waals surface area contributed by atoms with E-state index in [0.29, 0.717) is 19.6 Å². The molecule has 2 heterocycles. The first-order valence-electron chi connectivity index (χ1n) is 10.5. The Kier molecular flexibility index (Phi) is 4.43. The van der Waals surface area contributed by atoms with Crippen LogP contribution in [0.2, 0.25) is 0 Å². The fraction of sp³-hybridized carbons (Fsp3) is 0.417.